The average molecular weight is 138 g/mol. The van der Waals surface area contributed by atoms with Crippen LogP contribution in [0.2, 0.25) is 0 Å². The molecule has 0 unspecified atom stereocenters. The molecule has 0 aliphatic carbocycles. The van der Waals surface area contributed by atoms with Crippen LogP contribution >= 0.6 is 0 Å². The van der Waals surface area contributed by atoms with Crippen LogP contribution in [-0.4, -0.2) is 11.9 Å². The second-order valence-electron chi connectivity index (χ2n) is 1.92. The van der Waals surface area contributed by atoms with Crippen molar-refractivity contribution >= 4 is 11.9 Å². The van der Waals surface area contributed by atoms with Gasteiger partial charge in [-0.05, 0) is 6.92 Å². The van der Waals surface area contributed by atoms with Crippen molar-refractivity contribution in [3.8, 4) is 0 Å². The number of hydrogen-bond acceptors (Lipinski definition) is 3. The largest absolute Gasteiger partial charge is 0.386 e. The molecule has 1 rings (SSSR count). The molecular weight excluding hydrogens is 132 g/mol. The Kier molecular flexibility index (Phi) is 1.41. The molecule has 0 aromatic rings. The van der Waals surface area contributed by atoms with E-state index < -0.39 is 11.9 Å². The lowest BCUT2D eigenvalue weighted by atomic mass is 10.2. The van der Waals surface area contributed by atoms with Crippen molar-refractivity contribution in [3.05, 3.63) is 23.8 Å². The molecule has 0 saturated heterocycles. The first-order valence-electron chi connectivity index (χ1n) is 2.76. The Balaban J connectivity index is 3.13. The van der Waals surface area contributed by atoms with Gasteiger partial charge in [0.15, 0.2) is 0 Å². The Bertz CT molecular complexity index is 248. The number of cyclic esters (lactones) is 2. The van der Waals surface area contributed by atoms with Gasteiger partial charge in [0.05, 0.1) is 5.57 Å². The quantitative estimate of drug-likeness (QED) is 0.393. The molecule has 3 heteroatoms. The minimum Gasteiger partial charge on any atom is -0.386 e. The summed E-state index contributed by atoms with van der Waals surface area (Å²) in [5.41, 5.74) is 0.602. The van der Waals surface area contributed by atoms with Gasteiger partial charge in [0.2, 0.25) is 0 Å². The third-order valence-electron chi connectivity index (χ3n) is 1.32. The van der Waals surface area contributed by atoms with Crippen molar-refractivity contribution in [3.63, 3.8) is 0 Å². The van der Waals surface area contributed by atoms with E-state index in [0.717, 1.165) is 0 Å². The standard InChI is InChI=1S/C7H6O3/c1-3-5-4(2)6(8)10-7(5)9/h3H,1H2,2H3. The molecule has 0 aromatic carbocycles. The number of rotatable bonds is 1. The van der Waals surface area contributed by atoms with Crippen LogP contribution < -0.4 is 0 Å². The maximum absolute atomic E-state index is 10.7. The predicted octanol–water partition coefficient (Wildman–Crippen LogP) is 0.572. The Labute approximate surface area is 58.0 Å². The van der Waals surface area contributed by atoms with Crippen LogP contribution in [0.3, 0.4) is 0 Å². The van der Waals surface area contributed by atoms with Crippen molar-refractivity contribution in [2.24, 2.45) is 0 Å². The molecule has 0 atom stereocenters. The Morgan fingerprint density at radius 1 is 1.40 bits per heavy atom. The van der Waals surface area contributed by atoms with Crippen LogP contribution in [0.25, 0.3) is 0 Å². The van der Waals surface area contributed by atoms with Gasteiger partial charge in [0.1, 0.15) is 0 Å². The van der Waals surface area contributed by atoms with Gasteiger partial charge >= 0.3 is 11.9 Å². The maximum atomic E-state index is 10.7. The molecule has 1 heterocycles. The summed E-state index contributed by atoms with van der Waals surface area (Å²) in [5, 5.41) is 0. The second kappa shape index (κ2) is 2.10. The zero-order chi connectivity index (χ0) is 7.72. The van der Waals surface area contributed by atoms with Crippen molar-refractivity contribution < 1.29 is 14.3 Å². The van der Waals surface area contributed by atoms with Gasteiger partial charge in [0.25, 0.3) is 0 Å². The first-order valence-corrected chi connectivity index (χ1v) is 2.76. The molecule has 0 aromatic heterocycles. The first kappa shape index (κ1) is 6.74. The normalized spacial score (nSPS) is 17.7. The topological polar surface area (TPSA) is 43.4 Å². The van der Waals surface area contributed by atoms with Gasteiger partial charge in [-0.1, -0.05) is 12.7 Å². The third-order valence-corrected chi connectivity index (χ3v) is 1.32. The molecule has 3 nitrogen and oxygen atoms in total. The zero-order valence-electron chi connectivity index (χ0n) is 5.51. The van der Waals surface area contributed by atoms with Gasteiger partial charge in [-0.25, -0.2) is 9.59 Å². The maximum Gasteiger partial charge on any atom is 0.346 e. The summed E-state index contributed by atoms with van der Waals surface area (Å²) in [7, 11) is 0. The molecule has 0 bridgehead atoms. The Hall–Kier alpha value is -1.38. The number of hydrogen-bond donors (Lipinski definition) is 0. The smallest absolute Gasteiger partial charge is 0.346 e. The van der Waals surface area contributed by atoms with Crippen molar-refractivity contribution in [1.82, 2.24) is 0 Å². The average Bonchev–Trinajstić information content (AvgIpc) is 2.09. The summed E-state index contributed by atoms with van der Waals surface area (Å²) in [6, 6.07) is 0. The van der Waals surface area contributed by atoms with E-state index in [4.69, 9.17) is 0 Å². The second-order valence-corrected chi connectivity index (χ2v) is 1.92. The van der Waals surface area contributed by atoms with Crippen LogP contribution in [0.4, 0.5) is 0 Å². The zero-order valence-corrected chi connectivity index (χ0v) is 5.51. The molecule has 0 radical (unpaired) electrons. The van der Waals surface area contributed by atoms with E-state index in [0.29, 0.717) is 5.57 Å². The fourth-order valence-corrected chi connectivity index (χ4v) is 0.715. The molecule has 52 valence electrons. The number of carbonyl (C=O) groups is 2. The highest BCUT2D eigenvalue weighted by molar-refractivity contribution is 6.13. The van der Waals surface area contributed by atoms with Crippen LogP contribution in [0.1, 0.15) is 6.92 Å². The Morgan fingerprint density at radius 3 is 2.20 bits per heavy atom. The highest BCUT2D eigenvalue weighted by atomic mass is 16.6. The fraction of sp³-hybridized carbons (Fsp3) is 0.143. The van der Waals surface area contributed by atoms with Gasteiger partial charge in [-0.3, -0.25) is 0 Å². The molecule has 0 fully saturated rings. The van der Waals surface area contributed by atoms with Crippen LogP contribution in [0.5, 0.6) is 0 Å². The summed E-state index contributed by atoms with van der Waals surface area (Å²) in [6.07, 6.45) is 1.32. The van der Waals surface area contributed by atoms with E-state index in [1.165, 1.54) is 13.0 Å². The van der Waals surface area contributed by atoms with Gasteiger partial charge in [0, 0.05) is 5.57 Å². The highest BCUT2D eigenvalue weighted by Crippen LogP contribution is 2.16. The summed E-state index contributed by atoms with van der Waals surface area (Å²) in [6.45, 7) is 4.90. The lowest BCUT2D eigenvalue weighted by Gasteiger charge is -1.84. The minimum absolute atomic E-state index is 0.269. The van der Waals surface area contributed by atoms with E-state index in [9.17, 15) is 9.59 Å². The van der Waals surface area contributed by atoms with Crippen LogP contribution in [-0.2, 0) is 14.3 Å². The Morgan fingerprint density at radius 2 is 2.00 bits per heavy atom. The van der Waals surface area contributed by atoms with Crippen molar-refractivity contribution in [1.29, 1.82) is 0 Å². The third kappa shape index (κ3) is 0.757. The number of ether oxygens (including phenoxy) is 1. The van der Waals surface area contributed by atoms with E-state index in [1.54, 1.807) is 0 Å². The molecule has 0 N–H and O–H groups in total. The SMILES string of the molecule is C=CC1=C(C)C(=O)OC1=O. The molecule has 10 heavy (non-hydrogen) atoms. The van der Waals surface area contributed by atoms with Crippen LogP contribution in [0, 0.1) is 0 Å². The first-order chi connectivity index (χ1) is 4.66. The van der Waals surface area contributed by atoms with Gasteiger partial charge < -0.3 is 4.74 Å². The monoisotopic (exact) mass is 138 g/mol. The summed E-state index contributed by atoms with van der Waals surface area (Å²) in [5.74, 6) is -1.17. The fourth-order valence-electron chi connectivity index (χ4n) is 0.715. The van der Waals surface area contributed by atoms with Crippen molar-refractivity contribution in [2.75, 3.05) is 0 Å². The van der Waals surface area contributed by atoms with Gasteiger partial charge in [-0.15, -0.1) is 0 Å². The van der Waals surface area contributed by atoms with Gasteiger partial charge in [-0.2, -0.15) is 0 Å². The molecular formula is C7H6O3. The lowest BCUT2D eigenvalue weighted by Crippen LogP contribution is -2.00. The van der Waals surface area contributed by atoms with E-state index in [1.807, 2.05) is 0 Å². The highest BCUT2D eigenvalue weighted by Gasteiger charge is 2.27. The number of esters is 2. The predicted molar refractivity (Wildman–Crippen MR) is 34.0 cm³/mol. The lowest BCUT2D eigenvalue weighted by molar-refractivity contribution is -0.150. The van der Waals surface area contributed by atoms with Crippen molar-refractivity contribution in [2.45, 2.75) is 6.92 Å². The molecule has 1 aliphatic rings. The summed E-state index contributed by atoms with van der Waals surface area (Å²) >= 11 is 0. The summed E-state index contributed by atoms with van der Waals surface area (Å²) < 4.78 is 4.25. The molecule has 1 aliphatic heterocycles. The van der Waals surface area contributed by atoms with Crippen LogP contribution in [0.15, 0.2) is 23.8 Å². The van der Waals surface area contributed by atoms with E-state index in [-0.39, 0.29) is 5.57 Å². The molecule has 0 amide bonds. The van der Waals surface area contributed by atoms with E-state index >= 15 is 0 Å². The van der Waals surface area contributed by atoms with E-state index in [2.05, 4.69) is 11.3 Å². The number of carbonyl (C=O) groups excluding carboxylic acids is 2. The summed E-state index contributed by atoms with van der Waals surface area (Å²) in [4.78, 5) is 21.3. The minimum atomic E-state index is -0.600. The molecule has 0 spiro atoms. The molecule has 0 saturated carbocycles.